The van der Waals surface area contributed by atoms with Gasteiger partial charge in [0.1, 0.15) is 0 Å². The number of nitrogens with zero attached hydrogens (tertiary/aromatic N) is 2. The number of hydrogen-bond acceptors (Lipinski definition) is 2. The molecule has 0 N–H and O–H groups in total. The Hall–Kier alpha value is -1.90. The van der Waals surface area contributed by atoms with E-state index in [1.54, 1.807) is 4.68 Å². The third kappa shape index (κ3) is 0.975. The van der Waals surface area contributed by atoms with Crippen LogP contribution in [0.4, 0.5) is 0 Å². The Morgan fingerprint density at radius 3 is 2.69 bits per heavy atom. The normalized spacial score (nSPS) is 12.8. The molecule has 0 spiro atoms. The predicted molar refractivity (Wildman–Crippen MR) is 61.6 cm³/mol. The molecule has 16 heavy (non-hydrogen) atoms. The quantitative estimate of drug-likeness (QED) is 0.573. The zero-order valence-corrected chi connectivity index (χ0v) is 9.53. The van der Waals surface area contributed by atoms with Crippen molar-refractivity contribution in [3.05, 3.63) is 40.6 Å². The highest BCUT2D eigenvalue weighted by Gasteiger charge is 2.32. The Kier molecular flexibility index (Phi) is 1.64. The molecule has 3 nitrogen and oxygen atoms in total. The van der Waals surface area contributed by atoms with Gasteiger partial charge in [0, 0.05) is 18.2 Å². The third-order valence-corrected chi connectivity index (χ3v) is 3.12. The zero-order valence-electron chi connectivity index (χ0n) is 9.53. The van der Waals surface area contributed by atoms with Gasteiger partial charge in [-0.15, -0.1) is 0 Å². The lowest BCUT2D eigenvalue weighted by molar-refractivity contribution is 0.104. The largest absolute Gasteiger partial charge is 0.288 e. The van der Waals surface area contributed by atoms with Crippen molar-refractivity contribution >= 4 is 5.78 Å². The van der Waals surface area contributed by atoms with Gasteiger partial charge in [-0.05, 0) is 19.9 Å². The van der Waals surface area contributed by atoms with E-state index < -0.39 is 0 Å². The minimum absolute atomic E-state index is 0.110. The van der Waals surface area contributed by atoms with Crippen LogP contribution in [-0.2, 0) is 7.05 Å². The van der Waals surface area contributed by atoms with Crippen molar-refractivity contribution in [2.75, 3.05) is 0 Å². The van der Waals surface area contributed by atoms with Crippen LogP contribution in [0.3, 0.4) is 0 Å². The number of carbonyl (C=O) groups excluding carboxylic acids is 1. The molecule has 0 bridgehead atoms. The van der Waals surface area contributed by atoms with Crippen LogP contribution < -0.4 is 0 Å². The Morgan fingerprint density at radius 2 is 1.94 bits per heavy atom. The average Bonchev–Trinajstić information content (AvgIpc) is 2.67. The minimum atomic E-state index is 0.110. The molecule has 0 saturated carbocycles. The van der Waals surface area contributed by atoms with E-state index in [-0.39, 0.29) is 5.78 Å². The average molecular weight is 212 g/mol. The molecule has 0 fully saturated rings. The van der Waals surface area contributed by atoms with Gasteiger partial charge in [0.15, 0.2) is 5.78 Å². The highest BCUT2D eigenvalue weighted by atomic mass is 16.1. The van der Waals surface area contributed by atoms with Crippen LogP contribution in [0.5, 0.6) is 0 Å². The molecule has 2 aromatic rings. The Labute approximate surface area is 93.7 Å². The molecule has 0 aliphatic heterocycles. The fourth-order valence-electron chi connectivity index (χ4n) is 2.43. The summed E-state index contributed by atoms with van der Waals surface area (Å²) in [4.78, 5) is 12.2. The smallest absolute Gasteiger partial charge is 0.197 e. The molecule has 1 aliphatic carbocycles. The van der Waals surface area contributed by atoms with Crippen LogP contribution in [0.15, 0.2) is 18.2 Å². The molecule has 3 heteroatoms. The van der Waals surface area contributed by atoms with Crippen molar-refractivity contribution in [1.82, 2.24) is 9.78 Å². The lowest BCUT2D eigenvalue weighted by Crippen LogP contribution is -1.98. The Morgan fingerprint density at radius 1 is 1.19 bits per heavy atom. The number of hydrogen-bond donors (Lipinski definition) is 0. The number of aryl methyl sites for hydroxylation is 3. The van der Waals surface area contributed by atoms with Crippen molar-refractivity contribution in [2.45, 2.75) is 13.8 Å². The van der Waals surface area contributed by atoms with Gasteiger partial charge in [0.25, 0.3) is 0 Å². The maximum Gasteiger partial charge on any atom is 0.197 e. The molecular formula is C13H12N2O. The first-order chi connectivity index (χ1) is 7.59. The second-order valence-electron chi connectivity index (χ2n) is 4.31. The maximum absolute atomic E-state index is 12.2. The van der Waals surface area contributed by atoms with Gasteiger partial charge in [-0.2, -0.15) is 5.10 Å². The van der Waals surface area contributed by atoms with Crippen LogP contribution in [-0.4, -0.2) is 15.6 Å². The van der Waals surface area contributed by atoms with Crippen molar-refractivity contribution in [3.63, 3.8) is 0 Å². The molecule has 1 aromatic carbocycles. The molecule has 0 unspecified atom stereocenters. The van der Waals surface area contributed by atoms with E-state index >= 15 is 0 Å². The molecule has 0 saturated heterocycles. The van der Waals surface area contributed by atoms with Crippen LogP contribution in [0.25, 0.3) is 11.3 Å². The van der Waals surface area contributed by atoms with Crippen molar-refractivity contribution < 1.29 is 4.79 Å². The van der Waals surface area contributed by atoms with Gasteiger partial charge in [0.05, 0.1) is 17.0 Å². The first-order valence-corrected chi connectivity index (χ1v) is 5.29. The number of rotatable bonds is 0. The number of ketones is 1. The molecular weight excluding hydrogens is 200 g/mol. The summed E-state index contributed by atoms with van der Waals surface area (Å²) in [6.45, 7) is 3.89. The van der Waals surface area contributed by atoms with E-state index in [2.05, 4.69) is 5.10 Å². The van der Waals surface area contributed by atoms with E-state index in [4.69, 9.17) is 0 Å². The van der Waals surface area contributed by atoms with Gasteiger partial charge >= 0.3 is 0 Å². The Bertz CT molecular complexity index is 623. The van der Waals surface area contributed by atoms with E-state index in [0.29, 0.717) is 0 Å². The third-order valence-electron chi connectivity index (χ3n) is 3.12. The van der Waals surface area contributed by atoms with Gasteiger partial charge in [-0.1, -0.05) is 17.7 Å². The predicted octanol–water partition coefficient (Wildman–Crippen LogP) is 2.25. The Balaban J connectivity index is 2.41. The summed E-state index contributed by atoms with van der Waals surface area (Å²) in [7, 11) is 1.88. The van der Waals surface area contributed by atoms with Crippen LogP contribution in [0.2, 0.25) is 0 Å². The SMILES string of the molecule is Cc1ccc2c(c1)C(=O)c1c(C)nn(C)c1-2. The summed E-state index contributed by atoms with van der Waals surface area (Å²) in [5.41, 5.74) is 5.47. The number of carbonyl (C=O) groups is 1. The van der Waals surface area contributed by atoms with Crippen molar-refractivity contribution in [2.24, 2.45) is 7.05 Å². The summed E-state index contributed by atoms with van der Waals surface area (Å²) in [6, 6.07) is 6.00. The van der Waals surface area contributed by atoms with Gasteiger partial charge in [0.2, 0.25) is 0 Å². The lowest BCUT2D eigenvalue weighted by Gasteiger charge is -2.02. The van der Waals surface area contributed by atoms with Gasteiger partial charge in [-0.25, -0.2) is 0 Å². The molecule has 0 amide bonds. The number of benzene rings is 1. The molecule has 1 heterocycles. The molecule has 1 aromatic heterocycles. The highest BCUT2D eigenvalue weighted by Crippen LogP contribution is 2.37. The number of aromatic nitrogens is 2. The van der Waals surface area contributed by atoms with Crippen LogP contribution in [0.1, 0.15) is 27.2 Å². The molecule has 3 rings (SSSR count). The number of fused-ring (bicyclic) bond motifs is 3. The topological polar surface area (TPSA) is 34.9 Å². The molecule has 1 aliphatic rings. The van der Waals surface area contributed by atoms with Crippen LogP contribution >= 0.6 is 0 Å². The first-order valence-electron chi connectivity index (χ1n) is 5.29. The van der Waals surface area contributed by atoms with E-state index in [1.165, 1.54) is 0 Å². The standard InChI is InChI=1S/C13H12N2O/c1-7-4-5-9-10(6-7)13(16)11-8(2)14-15(3)12(9)11/h4-6H,1-3H3. The summed E-state index contributed by atoms with van der Waals surface area (Å²) in [5.74, 6) is 0.110. The summed E-state index contributed by atoms with van der Waals surface area (Å²) in [6.07, 6.45) is 0. The van der Waals surface area contributed by atoms with E-state index in [0.717, 1.165) is 33.6 Å². The summed E-state index contributed by atoms with van der Waals surface area (Å²) in [5, 5.41) is 4.30. The second kappa shape index (κ2) is 2.82. The fraction of sp³-hybridized carbons (Fsp3) is 0.231. The first kappa shape index (κ1) is 9.33. The zero-order chi connectivity index (χ0) is 11.4. The minimum Gasteiger partial charge on any atom is -0.288 e. The monoisotopic (exact) mass is 212 g/mol. The summed E-state index contributed by atoms with van der Waals surface area (Å²) >= 11 is 0. The van der Waals surface area contributed by atoms with Crippen LogP contribution in [0, 0.1) is 13.8 Å². The molecule has 80 valence electrons. The summed E-state index contributed by atoms with van der Waals surface area (Å²) < 4.78 is 1.80. The van der Waals surface area contributed by atoms with Gasteiger partial charge < -0.3 is 0 Å². The molecule has 0 atom stereocenters. The maximum atomic E-state index is 12.2. The lowest BCUT2D eigenvalue weighted by atomic mass is 10.1. The van der Waals surface area contributed by atoms with Crippen molar-refractivity contribution in [3.8, 4) is 11.3 Å². The van der Waals surface area contributed by atoms with Crippen molar-refractivity contribution in [1.29, 1.82) is 0 Å². The van der Waals surface area contributed by atoms with E-state index in [9.17, 15) is 4.79 Å². The fourth-order valence-corrected chi connectivity index (χ4v) is 2.43. The van der Waals surface area contributed by atoms with E-state index in [1.807, 2.05) is 39.1 Å². The highest BCUT2D eigenvalue weighted by molar-refractivity contribution is 6.21. The molecule has 0 radical (unpaired) electrons. The second-order valence-corrected chi connectivity index (χ2v) is 4.31. The van der Waals surface area contributed by atoms with Gasteiger partial charge in [-0.3, -0.25) is 9.48 Å².